The van der Waals surface area contributed by atoms with Crippen molar-refractivity contribution >= 4 is 6.29 Å². The molecule has 3 nitrogen and oxygen atoms in total. The zero-order valence-corrected chi connectivity index (χ0v) is 15.4. The van der Waals surface area contributed by atoms with Crippen LogP contribution in [0.5, 0.6) is 11.5 Å². The lowest BCUT2D eigenvalue weighted by Gasteiger charge is -2.26. The summed E-state index contributed by atoms with van der Waals surface area (Å²) >= 11 is 0. The number of phenols is 2. The zero-order chi connectivity index (χ0) is 18.4. The quantitative estimate of drug-likeness (QED) is 0.470. The van der Waals surface area contributed by atoms with Gasteiger partial charge in [0.1, 0.15) is 17.8 Å². The van der Waals surface area contributed by atoms with E-state index in [4.69, 9.17) is 0 Å². The smallest absolute Gasteiger partial charge is 0.150 e. The highest BCUT2D eigenvalue weighted by molar-refractivity contribution is 5.83. The van der Waals surface area contributed by atoms with Crippen LogP contribution in [0.25, 0.3) is 11.1 Å². The molecule has 0 aliphatic heterocycles. The van der Waals surface area contributed by atoms with Crippen LogP contribution in [0.2, 0.25) is 0 Å². The van der Waals surface area contributed by atoms with Crippen molar-refractivity contribution in [3.05, 3.63) is 47.5 Å². The maximum absolute atomic E-state index is 11.0. The summed E-state index contributed by atoms with van der Waals surface area (Å²) in [7, 11) is 0. The van der Waals surface area contributed by atoms with Gasteiger partial charge in [-0.15, -0.1) is 0 Å². The van der Waals surface area contributed by atoms with Crippen molar-refractivity contribution in [2.24, 2.45) is 0 Å². The van der Waals surface area contributed by atoms with Crippen molar-refractivity contribution in [3.63, 3.8) is 0 Å². The first kappa shape index (κ1) is 19.0. The van der Waals surface area contributed by atoms with Gasteiger partial charge in [0.15, 0.2) is 0 Å². The van der Waals surface area contributed by atoms with Crippen LogP contribution < -0.4 is 0 Å². The molecule has 0 atom stereocenters. The summed E-state index contributed by atoms with van der Waals surface area (Å²) < 4.78 is 0. The summed E-state index contributed by atoms with van der Waals surface area (Å²) in [5, 5.41) is 21.0. The summed E-state index contributed by atoms with van der Waals surface area (Å²) in [4.78, 5) is 11.0. The van der Waals surface area contributed by atoms with Crippen LogP contribution in [0.1, 0.15) is 68.8 Å². The first-order valence-electron chi connectivity index (χ1n) is 9.01. The molecule has 0 unspecified atom stereocenters. The van der Waals surface area contributed by atoms with Crippen LogP contribution in [0.3, 0.4) is 0 Å². The third kappa shape index (κ3) is 4.62. The number of hydrogen-bond acceptors (Lipinski definition) is 3. The molecule has 0 aliphatic rings. The van der Waals surface area contributed by atoms with Crippen LogP contribution in [0.15, 0.2) is 36.4 Å². The number of phenolic OH excluding ortho intramolecular Hbond substituents is 2. The normalized spacial score (nSPS) is 11.5. The van der Waals surface area contributed by atoms with Crippen molar-refractivity contribution in [3.8, 4) is 22.6 Å². The maximum Gasteiger partial charge on any atom is 0.150 e. The van der Waals surface area contributed by atoms with Gasteiger partial charge in [-0.3, -0.25) is 4.79 Å². The van der Waals surface area contributed by atoms with E-state index in [9.17, 15) is 15.0 Å². The van der Waals surface area contributed by atoms with Crippen LogP contribution in [-0.4, -0.2) is 16.5 Å². The minimum absolute atomic E-state index is 0.0414. The molecular formula is C22H28O3. The predicted molar refractivity (Wildman–Crippen MR) is 102 cm³/mol. The fourth-order valence-electron chi connectivity index (χ4n) is 3.20. The topological polar surface area (TPSA) is 57.5 Å². The highest BCUT2D eigenvalue weighted by Crippen LogP contribution is 2.42. The first-order valence-corrected chi connectivity index (χ1v) is 9.01. The summed E-state index contributed by atoms with van der Waals surface area (Å²) in [6.45, 7) is 6.47. The minimum Gasteiger partial charge on any atom is -0.507 e. The molecule has 2 rings (SSSR count). The van der Waals surface area contributed by atoms with Gasteiger partial charge in [-0.05, 0) is 41.2 Å². The Kier molecular flexibility index (Phi) is 6.24. The van der Waals surface area contributed by atoms with Gasteiger partial charge in [0, 0.05) is 5.56 Å². The molecule has 0 saturated heterocycles. The van der Waals surface area contributed by atoms with E-state index in [-0.39, 0.29) is 16.9 Å². The molecule has 3 heteroatoms. The first-order chi connectivity index (χ1) is 11.9. The molecule has 0 radical (unpaired) electrons. The zero-order valence-electron chi connectivity index (χ0n) is 15.4. The number of carbonyl (C=O) groups is 1. The van der Waals surface area contributed by atoms with E-state index >= 15 is 0 Å². The standard InChI is InChI=1S/C22H28O3/c1-4-5-6-7-11-22(2,3)18-13-19(24)21(20(25)14-18)17-10-8-9-16(12-17)15-23/h8-10,12-15,24-25H,4-7,11H2,1-3H3. The van der Waals surface area contributed by atoms with Crippen molar-refractivity contribution < 1.29 is 15.0 Å². The maximum atomic E-state index is 11.0. The molecule has 2 aromatic carbocycles. The third-order valence-electron chi connectivity index (χ3n) is 4.84. The van der Waals surface area contributed by atoms with Gasteiger partial charge in [0.25, 0.3) is 0 Å². The van der Waals surface area contributed by atoms with Crippen molar-refractivity contribution in [1.82, 2.24) is 0 Å². The Labute approximate surface area is 150 Å². The van der Waals surface area contributed by atoms with Crippen molar-refractivity contribution in [1.29, 1.82) is 0 Å². The van der Waals surface area contributed by atoms with Crippen LogP contribution in [-0.2, 0) is 5.41 Å². The number of unbranched alkanes of at least 4 members (excludes halogenated alkanes) is 3. The lowest BCUT2D eigenvalue weighted by atomic mass is 9.79. The molecule has 25 heavy (non-hydrogen) atoms. The van der Waals surface area contributed by atoms with Gasteiger partial charge in [-0.25, -0.2) is 0 Å². The molecule has 0 aromatic heterocycles. The van der Waals surface area contributed by atoms with Gasteiger partial charge in [-0.1, -0.05) is 64.7 Å². The average molecular weight is 340 g/mol. The van der Waals surface area contributed by atoms with E-state index < -0.39 is 0 Å². The van der Waals surface area contributed by atoms with Crippen molar-refractivity contribution in [2.45, 2.75) is 58.3 Å². The number of carbonyl (C=O) groups excluding carboxylic acids is 1. The second-order valence-electron chi connectivity index (χ2n) is 7.33. The van der Waals surface area contributed by atoms with Crippen molar-refractivity contribution in [2.75, 3.05) is 0 Å². The van der Waals surface area contributed by atoms with Crippen LogP contribution >= 0.6 is 0 Å². The van der Waals surface area contributed by atoms with E-state index in [2.05, 4.69) is 20.8 Å². The largest absolute Gasteiger partial charge is 0.507 e. The molecule has 0 amide bonds. The molecule has 0 saturated carbocycles. The van der Waals surface area contributed by atoms with E-state index in [1.165, 1.54) is 19.3 Å². The minimum atomic E-state index is -0.119. The average Bonchev–Trinajstić information content (AvgIpc) is 2.58. The fraction of sp³-hybridized carbons (Fsp3) is 0.409. The summed E-state index contributed by atoms with van der Waals surface area (Å²) in [5.74, 6) is 0.0827. The Bertz CT molecular complexity index is 709. The van der Waals surface area contributed by atoms with Crippen LogP contribution in [0, 0.1) is 0 Å². The van der Waals surface area contributed by atoms with Gasteiger partial charge in [0.05, 0.1) is 5.56 Å². The third-order valence-corrected chi connectivity index (χ3v) is 4.84. The Balaban J connectivity index is 2.31. The molecule has 0 bridgehead atoms. The Morgan fingerprint density at radius 3 is 2.28 bits per heavy atom. The number of aldehydes is 1. The Morgan fingerprint density at radius 1 is 1.00 bits per heavy atom. The van der Waals surface area contributed by atoms with E-state index in [1.54, 1.807) is 36.4 Å². The lowest BCUT2D eigenvalue weighted by Crippen LogP contribution is -2.17. The molecule has 0 fully saturated rings. The fourth-order valence-corrected chi connectivity index (χ4v) is 3.20. The monoisotopic (exact) mass is 340 g/mol. The van der Waals surface area contributed by atoms with Gasteiger partial charge >= 0.3 is 0 Å². The number of rotatable bonds is 8. The molecule has 2 N–H and O–H groups in total. The number of aromatic hydroxyl groups is 2. The lowest BCUT2D eigenvalue weighted by molar-refractivity contribution is 0.112. The summed E-state index contributed by atoms with van der Waals surface area (Å²) in [5.41, 5.74) is 2.32. The predicted octanol–water partition coefficient (Wildman–Crippen LogP) is 5.83. The second-order valence-corrected chi connectivity index (χ2v) is 7.33. The molecular weight excluding hydrogens is 312 g/mol. The number of hydrogen-bond donors (Lipinski definition) is 2. The van der Waals surface area contributed by atoms with E-state index in [0.29, 0.717) is 16.7 Å². The molecule has 134 valence electrons. The molecule has 0 heterocycles. The second kappa shape index (κ2) is 8.19. The van der Waals surface area contributed by atoms with Gasteiger partial charge in [0.2, 0.25) is 0 Å². The molecule has 0 spiro atoms. The highest BCUT2D eigenvalue weighted by Gasteiger charge is 2.23. The summed E-state index contributed by atoms with van der Waals surface area (Å²) in [6.07, 6.45) is 6.53. The summed E-state index contributed by atoms with van der Waals surface area (Å²) in [6, 6.07) is 10.3. The van der Waals surface area contributed by atoms with E-state index in [0.717, 1.165) is 24.7 Å². The Hall–Kier alpha value is -2.29. The highest BCUT2D eigenvalue weighted by atomic mass is 16.3. The molecule has 0 aliphatic carbocycles. The Morgan fingerprint density at radius 2 is 1.68 bits per heavy atom. The molecule has 2 aromatic rings. The van der Waals surface area contributed by atoms with Gasteiger partial charge in [-0.2, -0.15) is 0 Å². The van der Waals surface area contributed by atoms with Gasteiger partial charge < -0.3 is 10.2 Å². The van der Waals surface area contributed by atoms with E-state index in [1.807, 2.05) is 0 Å². The van der Waals surface area contributed by atoms with Crippen LogP contribution in [0.4, 0.5) is 0 Å². The SMILES string of the molecule is CCCCCCC(C)(C)c1cc(O)c(-c2cccc(C=O)c2)c(O)c1. The number of benzene rings is 2.